The Balaban J connectivity index is 1.93. The number of carboxylic acid groups (broad SMARTS) is 1. The first-order chi connectivity index (χ1) is 12.9. The minimum atomic E-state index is -0.961. The molecule has 3 aromatic rings. The van der Waals surface area contributed by atoms with Crippen LogP contribution in [0.1, 0.15) is 37.3 Å². The molecule has 0 aliphatic rings. The zero-order valence-corrected chi connectivity index (χ0v) is 16.4. The summed E-state index contributed by atoms with van der Waals surface area (Å²) in [5.74, 6) is -0.512. The van der Waals surface area contributed by atoms with Crippen LogP contribution in [-0.2, 0) is 11.3 Å². The molecule has 27 heavy (non-hydrogen) atoms. The van der Waals surface area contributed by atoms with Gasteiger partial charge in [0.25, 0.3) is 0 Å². The maximum Gasteiger partial charge on any atom is 0.308 e. The van der Waals surface area contributed by atoms with Crippen molar-refractivity contribution >= 4 is 39.1 Å². The zero-order valence-electron chi connectivity index (χ0n) is 14.8. The first kappa shape index (κ1) is 19.3. The second-order valence-corrected chi connectivity index (χ2v) is 7.43. The second-order valence-electron chi connectivity index (χ2n) is 6.03. The van der Waals surface area contributed by atoms with Crippen molar-refractivity contribution in [3.05, 3.63) is 50.3 Å². The van der Waals surface area contributed by atoms with Gasteiger partial charge in [0.05, 0.1) is 27.4 Å². The molecule has 0 bridgehead atoms. The van der Waals surface area contributed by atoms with Gasteiger partial charge in [-0.05, 0) is 31.5 Å². The minimum Gasteiger partial charge on any atom is -0.482 e. The van der Waals surface area contributed by atoms with Crippen LogP contribution >= 0.6 is 22.9 Å². The van der Waals surface area contributed by atoms with Gasteiger partial charge in [-0.15, -0.1) is 0 Å². The number of thiazole rings is 1. The highest BCUT2D eigenvalue weighted by Gasteiger charge is 2.18. The molecule has 0 saturated heterocycles. The summed E-state index contributed by atoms with van der Waals surface area (Å²) >= 11 is 7.41. The van der Waals surface area contributed by atoms with Crippen LogP contribution in [0.3, 0.4) is 0 Å². The van der Waals surface area contributed by atoms with Crippen LogP contribution in [0.4, 0.5) is 0 Å². The van der Waals surface area contributed by atoms with E-state index in [-0.39, 0.29) is 23.9 Å². The van der Waals surface area contributed by atoms with Crippen LogP contribution in [-0.4, -0.2) is 25.8 Å². The van der Waals surface area contributed by atoms with Gasteiger partial charge in [0.2, 0.25) is 0 Å². The highest BCUT2D eigenvalue weighted by atomic mass is 35.5. The second kappa shape index (κ2) is 8.06. The molecule has 0 fully saturated rings. The number of carboxylic acids is 1. The van der Waals surface area contributed by atoms with E-state index in [2.05, 4.69) is 10.2 Å². The van der Waals surface area contributed by atoms with E-state index in [1.165, 1.54) is 4.57 Å². The molecule has 0 aliphatic heterocycles. The lowest BCUT2D eigenvalue weighted by atomic mass is 10.2. The summed E-state index contributed by atoms with van der Waals surface area (Å²) in [5, 5.41) is 17.4. The van der Waals surface area contributed by atoms with Gasteiger partial charge >= 0.3 is 10.8 Å². The largest absolute Gasteiger partial charge is 0.482 e. The number of aliphatic carboxylic acids is 1. The Kier molecular flexibility index (Phi) is 5.76. The maximum atomic E-state index is 12.2. The van der Waals surface area contributed by atoms with Crippen molar-refractivity contribution < 1.29 is 14.6 Å². The molecular formula is C18H18ClN3O4S. The van der Waals surface area contributed by atoms with Gasteiger partial charge in [0, 0.05) is 12.6 Å². The monoisotopic (exact) mass is 407 g/mol. The number of nitrogens with zero attached hydrogens (tertiary/aromatic N) is 3. The Bertz CT molecular complexity index is 1030. The van der Waals surface area contributed by atoms with Gasteiger partial charge < -0.3 is 9.84 Å². The Morgan fingerprint density at radius 1 is 1.37 bits per heavy atom. The highest BCUT2D eigenvalue weighted by molar-refractivity contribution is 7.16. The Hall–Kier alpha value is -2.45. The summed E-state index contributed by atoms with van der Waals surface area (Å²) in [6.45, 7) is 3.93. The number of benzene rings is 1. The lowest BCUT2D eigenvalue weighted by Gasteiger charge is -2.18. The summed E-state index contributed by atoms with van der Waals surface area (Å²) < 4.78 is 8.16. The van der Waals surface area contributed by atoms with Crippen molar-refractivity contribution in [2.24, 2.45) is 0 Å². The zero-order chi connectivity index (χ0) is 19.6. The van der Waals surface area contributed by atoms with Gasteiger partial charge in [-0.25, -0.2) is 0 Å². The predicted molar refractivity (Wildman–Crippen MR) is 104 cm³/mol. The first-order valence-corrected chi connectivity index (χ1v) is 9.60. The summed E-state index contributed by atoms with van der Waals surface area (Å²) in [4.78, 5) is 22.8. The molecule has 142 valence electrons. The van der Waals surface area contributed by atoms with E-state index < -0.39 is 5.97 Å². The van der Waals surface area contributed by atoms with E-state index in [4.69, 9.17) is 21.4 Å². The van der Waals surface area contributed by atoms with Gasteiger partial charge in [-0.2, -0.15) is 10.2 Å². The fraction of sp³-hybridized carbons (Fsp3) is 0.333. The molecule has 2 heterocycles. The van der Waals surface area contributed by atoms with E-state index in [0.717, 1.165) is 17.0 Å². The minimum absolute atomic E-state index is 0.0985. The van der Waals surface area contributed by atoms with Gasteiger partial charge in [0.15, 0.2) is 0 Å². The quantitative estimate of drug-likeness (QED) is 0.639. The van der Waals surface area contributed by atoms with Crippen LogP contribution in [0.25, 0.3) is 10.2 Å². The molecular weight excluding hydrogens is 390 g/mol. The van der Waals surface area contributed by atoms with Crippen molar-refractivity contribution in [3.63, 3.8) is 0 Å². The average molecular weight is 408 g/mol. The van der Waals surface area contributed by atoms with E-state index in [9.17, 15) is 9.59 Å². The Morgan fingerprint density at radius 2 is 2.15 bits per heavy atom. The summed E-state index contributed by atoms with van der Waals surface area (Å²) in [6.07, 6.45) is 0.215. The molecule has 0 saturated carbocycles. The fourth-order valence-corrected chi connectivity index (χ4v) is 3.79. The van der Waals surface area contributed by atoms with Crippen molar-refractivity contribution in [1.29, 1.82) is 0 Å². The standard InChI is InChI=1S/C18H18ClN3O4S/c1-3-14(12-5-4-10(2)20-21-12)26-15-9-16-13(8-11(15)19)22(18(25)27-16)7-6-17(23)24/h4-5,8-9,14H,3,6-7H2,1-2H3,(H,23,24)/t14-/m1/s1. The molecule has 9 heteroatoms. The van der Waals surface area contributed by atoms with Gasteiger partial charge in [-0.1, -0.05) is 29.9 Å². The van der Waals surface area contributed by atoms with Crippen LogP contribution in [0.2, 0.25) is 5.02 Å². The molecule has 2 aromatic heterocycles. The molecule has 7 nitrogen and oxygen atoms in total. The number of fused-ring (bicyclic) bond motifs is 1. The van der Waals surface area contributed by atoms with E-state index in [1.54, 1.807) is 12.1 Å². The normalized spacial score (nSPS) is 12.3. The first-order valence-electron chi connectivity index (χ1n) is 8.40. The highest BCUT2D eigenvalue weighted by Crippen LogP contribution is 2.35. The van der Waals surface area contributed by atoms with Crippen LogP contribution in [0.15, 0.2) is 29.1 Å². The average Bonchev–Trinajstić information content (AvgIpc) is 2.93. The van der Waals surface area contributed by atoms with Gasteiger partial charge in [0.1, 0.15) is 17.5 Å². The molecule has 0 aliphatic carbocycles. The third-order valence-corrected chi connectivity index (χ3v) is 5.30. The number of aryl methyl sites for hydroxylation is 2. The van der Waals surface area contributed by atoms with E-state index in [1.807, 2.05) is 26.0 Å². The lowest BCUT2D eigenvalue weighted by Crippen LogP contribution is -2.15. The van der Waals surface area contributed by atoms with Crippen molar-refractivity contribution in [1.82, 2.24) is 14.8 Å². The summed E-state index contributed by atoms with van der Waals surface area (Å²) in [6, 6.07) is 7.09. The molecule has 1 aromatic carbocycles. The number of carbonyl (C=O) groups is 1. The topological polar surface area (TPSA) is 94.3 Å². The number of halogens is 1. The van der Waals surface area contributed by atoms with E-state index >= 15 is 0 Å². The third kappa shape index (κ3) is 4.28. The number of aromatic nitrogens is 3. The van der Waals surface area contributed by atoms with Crippen LogP contribution in [0.5, 0.6) is 5.75 Å². The molecule has 1 atom stereocenters. The van der Waals surface area contributed by atoms with Crippen molar-refractivity contribution in [2.75, 3.05) is 0 Å². The van der Waals surface area contributed by atoms with Crippen LogP contribution in [0, 0.1) is 6.92 Å². The molecule has 1 N–H and O–H groups in total. The molecule has 0 amide bonds. The number of hydrogen-bond acceptors (Lipinski definition) is 6. The number of hydrogen-bond donors (Lipinski definition) is 1. The molecule has 0 radical (unpaired) electrons. The van der Waals surface area contributed by atoms with Crippen LogP contribution < -0.4 is 9.61 Å². The molecule has 3 rings (SSSR count). The third-order valence-electron chi connectivity index (χ3n) is 4.06. The van der Waals surface area contributed by atoms with Crippen molar-refractivity contribution in [2.45, 2.75) is 39.3 Å². The smallest absolute Gasteiger partial charge is 0.308 e. The summed E-state index contributed by atoms with van der Waals surface area (Å²) in [7, 11) is 0. The molecule has 0 unspecified atom stereocenters. The Morgan fingerprint density at radius 3 is 2.78 bits per heavy atom. The number of rotatable bonds is 7. The predicted octanol–water partition coefficient (Wildman–Crippen LogP) is 3.82. The summed E-state index contributed by atoms with van der Waals surface area (Å²) in [5.41, 5.74) is 2.12. The number of ether oxygens (including phenoxy) is 1. The SMILES string of the molecule is CC[C@@H](Oc1cc2sc(=O)n(CCC(=O)O)c2cc1Cl)c1ccc(C)nn1. The van der Waals surface area contributed by atoms with Gasteiger partial charge in [-0.3, -0.25) is 14.2 Å². The maximum absolute atomic E-state index is 12.2. The lowest BCUT2D eigenvalue weighted by molar-refractivity contribution is -0.137. The molecule has 0 spiro atoms. The Labute approximate surface area is 164 Å². The van der Waals surface area contributed by atoms with Crippen molar-refractivity contribution in [3.8, 4) is 5.75 Å². The van der Waals surface area contributed by atoms with E-state index in [0.29, 0.717) is 33.1 Å². The fourth-order valence-electron chi connectivity index (χ4n) is 2.66.